The van der Waals surface area contributed by atoms with E-state index in [9.17, 15) is 4.79 Å². The van der Waals surface area contributed by atoms with Crippen molar-refractivity contribution in [2.45, 2.75) is 13.5 Å². The topological polar surface area (TPSA) is 49.3 Å². The van der Waals surface area contributed by atoms with Gasteiger partial charge in [0.2, 0.25) is 5.91 Å². The minimum absolute atomic E-state index is 0.146. The molecule has 7 heteroatoms. The Morgan fingerprint density at radius 3 is 2.62 bits per heavy atom. The zero-order chi connectivity index (χ0) is 11.5. The van der Waals surface area contributed by atoms with Crippen molar-refractivity contribution in [3.63, 3.8) is 0 Å². The normalized spacial score (nSPS) is 17.8. The molecule has 1 aliphatic rings. The first-order valence-corrected chi connectivity index (χ1v) is 6.26. The highest BCUT2D eigenvalue weighted by Gasteiger charge is 2.20. The third-order valence-electron chi connectivity index (χ3n) is 2.70. The summed E-state index contributed by atoms with van der Waals surface area (Å²) in [5, 5.41) is 3.98. The van der Waals surface area contributed by atoms with Gasteiger partial charge in [-0.25, -0.2) is 0 Å². The van der Waals surface area contributed by atoms with Gasteiger partial charge in [-0.1, -0.05) is 16.1 Å². The van der Waals surface area contributed by atoms with Gasteiger partial charge in [-0.2, -0.15) is 0 Å². The zero-order valence-corrected chi connectivity index (χ0v) is 10.6. The highest BCUT2D eigenvalue weighted by Crippen LogP contribution is 2.19. The summed E-state index contributed by atoms with van der Waals surface area (Å²) in [5.41, 5.74) is 0.836. The van der Waals surface area contributed by atoms with E-state index in [1.165, 1.54) is 11.5 Å². The molecule has 0 unspecified atom stereocenters. The number of halogens is 1. The van der Waals surface area contributed by atoms with Gasteiger partial charge >= 0.3 is 0 Å². The molecule has 5 nitrogen and oxygen atoms in total. The lowest BCUT2D eigenvalue weighted by molar-refractivity contribution is -0.130. The standard InChI is InChI=1S/C9H13ClN4OS/c1-7(15)14-4-2-13(3-5-14)6-8-9(10)16-12-11-8/h2-6H2,1H3. The molecule has 0 bridgehead atoms. The fourth-order valence-corrected chi connectivity index (χ4v) is 2.34. The largest absolute Gasteiger partial charge is 0.340 e. The van der Waals surface area contributed by atoms with Crippen LogP contribution in [0.4, 0.5) is 0 Å². The Hall–Kier alpha value is -0.720. The van der Waals surface area contributed by atoms with Crippen LogP contribution in [0.15, 0.2) is 0 Å². The van der Waals surface area contributed by atoms with E-state index in [0.717, 1.165) is 38.4 Å². The lowest BCUT2D eigenvalue weighted by atomic mass is 10.3. The molecule has 0 N–H and O–H groups in total. The van der Waals surface area contributed by atoms with Crippen LogP contribution in [0.1, 0.15) is 12.6 Å². The monoisotopic (exact) mass is 260 g/mol. The van der Waals surface area contributed by atoms with Crippen LogP contribution in [-0.2, 0) is 11.3 Å². The van der Waals surface area contributed by atoms with Gasteiger partial charge in [0, 0.05) is 51.2 Å². The van der Waals surface area contributed by atoms with Crippen LogP contribution in [0.2, 0.25) is 4.34 Å². The predicted molar refractivity (Wildman–Crippen MR) is 62.5 cm³/mol. The Bertz CT molecular complexity index is 375. The van der Waals surface area contributed by atoms with Crippen molar-refractivity contribution < 1.29 is 4.79 Å². The minimum Gasteiger partial charge on any atom is -0.340 e. The van der Waals surface area contributed by atoms with E-state index in [2.05, 4.69) is 14.5 Å². The second-order valence-corrected chi connectivity index (χ2v) is 5.13. The maximum atomic E-state index is 11.1. The Morgan fingerprint density at radius 2 is 2.12 bits per heavy atom. The van der Waals surface area contributed by atoms with E-state index in [0.29, 0.717) is 4.34 Å². The van der Waals surface area contributed by atoms with Crippen molar-refractivity contribution in [2.75, 3.05) is 26.2 Å². The summed E-state index contributed by atoms with van der Waals surface area (Å²) in [6.07, 6.45) is 0. The lowest BCUT2D eigenvalue weighted by Gasteiger charge is -2.33. The molecule has 1 aromatic rings. The van der Waals surface area contributed by atoms with Crippen LogP contribution in [0.25, 0.3) is 0 Å². The third kappa shape index (κ3) is 2.69. The van der Waals surface area contributed by atoms with Crippen LogP contribution in [0.5, 0.6) is 0 Å². The number of rotatable bonds is 2. The number of amides is 1. The molecule has 2 rings (SSSR count). The van der Waals surface area contributed by atoms with Crippen molar-refractivity contribution in [1.29, 1.82) is 0 Å². The number of piperazine rings is 1. The second kappa shape index (κ2) is 5.07. The Kier molecular flexibility index (Phi) is 3.73. The van der Waals surface area contributed by atoms with E-state index >= 15 is 0 Å². The molecule has 16 heavy (non-hydrogen) atoms. The molecule has 0 aliphatic carbocycles. The molecular formula is C9H13ClN4OS. The van der Waals surface area contributed by atoms with Gasteiger partial charge in [-0.05, 0) is 0 Å². The SMILES string of the molecule is CC(=O)N1CCN(Cc2nnsc2Cl)CC1. The van der Waals surface area contributed by atoms with Crippen molar-refractivity contribution in [2.24, 2.45) is 0 Å². The van der Waals surface area contributed by atoms with Gasteiger partial charge in [0.15, 0.2) is 0 Å². The number of nitrogens with zero attached hydrogens (tertiary/aromatic N) is 4. The molecule has 0 spiro atoms. The van der Waals surface area contributed by atoms with Gasteiger partial charge in [-0.15, -0.1) is 5.10 Å². The summed E-state index contributed by atoms with van der Waals surface area (Å²) < 4.78 is 4.46. The molecule has 0 saturated carbocycles. The maximum absolute atomic E-state index is 11.1. The van der Waals surface area contributed by atoms with E-state index in [1.54, 1.807) is 6.92 Å². The molecule has 0 radical (unpaired) electrons. The molecule has 88 valence electrons. The van der Waals surface area contributed by atoms with Crippen molar-refractivity contribution in [1.82, 2.24) is 19.4 Å². The number of aromatic nitrogens is 2. The molecule has 1 aromatic heterocycles. The van der Waals surface area contributed by atoms with E-state index < -0.39 is 0 Å². The Labute approximate surface area is 103 Å². The van der Waals surface area contributed by atoms with Gasteiger partial charge in [-0.3, -0.25) is 9.69 Å². The first-order valence-electron chi connectivity index (χ1n) is 5.11. The van der Waals surface area contributed by atoms with Crippen LogP contribution >= 0.6 is 23.1 Å². The fourth-order valence-electron chi connectivity index (χ4n) is 1.72. The lowest BCUT2D eigenvalue weighted by Crippen LogP contribution is -2.47. The zero-order valence-electron chi connectivity index (χ0n) is 9.02. The molecule has 1 saturated heterocycles. The maximum Gasteiger partial charge on any atom is 0.219 e. The summed E-state index contributed by atoms with van der Waals surface area (Å²) >= 11 is 7.15. The highest BCUT2D eigenvalue weighted by atomic mass is 35.5. The van der Waals surface area contributed by atoms with Gasteiger partial charge in [0.1, 0.15) is 10.0 Å². The molecule has 1 amide bonds. The summed E-state index contributed by atoms with van der Waals surface area (Å²) in [6.45, 7) is 5.63. The van der Waals surface area contributed by atoms with Gasteiger partial charge in [0.25, 0.3) is 0 Å². The molecule has 2 heterocycles. The smallest absolute Gasteiger partial charge is 0.219 e. The molecule has 0 atom stereocenters. The van der Waals surface area contributed by atoms with Crippen LogP contribution < -0.4 is 0 Å². The summed E-state index contributed by atoms with van der Waals surface area (Å²) in [4.78, 5) is 15.2. The average Bonchev–Trinajstić information content (AvgIpc) is 2.65. The quantitative estimate of drug-likeness (QED) is 0.791. The van der Waals surface area contributed by atoms with Gasteiger partial charge < -0.3 is 4.90 Å². The van der Waals surface area contributed by atoms with Crippen molar-refractivity contribution in [3.8, 4) is 0 Å². The number of carbonyl (C=O) groups excluding carboxylic acids is 1. The number of hydrogen-bond donors (Lipinski definition) is 0. The number of hydrogen-bond acceptors (Lipinski definition) is 5. The van der Waals surface area contributed by atoms with E-state index in [-0.39, 0.29) is 5.91 Å². The van der Waals surface area contributed by atoms with Crippen LogP contribution in [0, 0.1) is 0 Å². The summed E-state index contributed by atoms with van der Waals surface area (Å²) in [6, 6.07) is 0. The predicted octanol–water partition coefficient (Wildman–Crippen LogP) is 0.856. The summed E-state index contributed by atoms with van der Waals surface area (Å²) in [5.74, 6) is 0.146. The molecule has 0 aromatic carbocycles. The molecular weight excluding hydrogens is 248 g/mol. The molecule has 1 fully saturated rings. The fraction of sp³-hybridized carbons (Fsp3) is 0.667. The van der Waals surface area contributed by atoms with Gasteiger partial charge in [0.05, 0.1) is 0 Å². The van der Waals surface area contributed by atoms with Crippen molar-refractivity contribution >= 4 is 29.0 Å². The minimum atomic E-state index is 0.146. The third-order valence-corrected chi connectivity index (χ3v) is 3.68. The first kappa shape index (κ1) is 11.8. The first-order chi connectivity index (χ1) is 7.66. The van der Waals surface area contributed by atoms with E-state index in [4.69, 9.17) is 11.6 Å². The van der Waals surface area contributed by atoms with E-state index in [1.807, 2.05) is 4.90 Å². The Balaban J connectivity index is 1.86. The van der Waals surface area contributed by atoms with Crippen LogP contribution in [0.3, 0.4) is 0 Å². The second-order valence-electron chi connectivity index (χ2n) is 3.78. The number of carbonyl (C=O) groups is 1. The highest BCUT2D eigenvalue weighted by molar-refractivity contribution is 7.10. The van der Waals surface area contributed by atoms with Crippen LogP contribution in [-0.4, -0.2) is 51.5 Å². The summed E-state index contributed by atoms with van der Waals surface area (Å²) in [7, 11) is 0. The Morgan fingerprint density at radius 1 is 1.44 bits per heavy atom. The van der Waals surface area contributed by atoms with Crippen molar-refractivity contribution in [3.05, 3.63) is 10.0 Å². The average molecular weight is 261 g/mol. The molecule has 1 aliphatic heterocycles.